The lowest BCUT2D eigenvalue weighted by atomic mass is 10.1. The van der Waals surface area contributed by atoms with E-state index in [0.717, 1.165) is 19.4 Å². The lowest BCUT2D eigenvalue weighted by Gasteiger charge is -2.11. The zero-order valence-electron chi connectivity index (χ0n) is 6.89. The van der Waals surface area contributed by atoms with Crippen LogP contribution in [0.2, 0.25) is 0 Å². The summed E-state index contributed by atoms with van der Waals surface area (Å²) in [4.78, 5) is 23.9. The number of carbonyl (C=O) groups is 2. The van der Waals surface area contributed by atoms with E-state index in [2.05, 4.69) is 5.32 Å². The maximum Gasteiger partial charge on any atom is 0.277 e. The summed E-state index contributed by atoms with van der Waals surface area (Å²) in [7, 11) is 1.52. The highest BCUT2D eigenvalue weighted by Gasteiger charge is 2.36. The van der Waals surface area contributed by atoms with Gasteiger partial charge in [-0.25, -0.2) is 0 Å². The summed E-state index contributed by atoms with van der Waals surface area (Å²) in [6, 6.07) is 0. The fourth-order valence-corrected chi connectivity index (χ4v) is 1.59. The maximum atomic E-state index is 11.4. The monoisotopic (exact) mass is 166 g/mol. The Bertz CT molecular complexity index is 265. The molecule has 0 saturated heterocycles. The molecule has 2 aliphatic heterocycles. The number of imide groups is 1. The van der Waals surface area contributed by atoms with Crippen LogP contribution in [0, 0.1) is 0 Å². The van der Waals surface area contributed by atoms with Gasteiger partial charge in [0, 0.05) is 19.2 Å². The van der Waals surface area contributed by atoms with Crippen LogP contribution in [0.25, 0.3) is 0 Å². The first-order valence-electron chi connectivity index (χ1n) is 4.01. The summed E-state index contributed by atoms with van der Waals surface area (Å²) >= 11 is 0. The lowest BCUT2D eigenvalue weighted by molar-refractivity contribution is -0.136. The van der Waals surface area contributed by atoms with Gasteiger partial charge in [0.2, 0.25) is 0 Å². The van der Waals surface area contributed by atoms with Crippen LogP contribution in [0.3, 0.4) is 0 Å². The molecule has 0 atom stereocenters. The van der Waals surface area contributed by atoms with Crippen molar-refractivity contribution in [2.45, 2.75) is 12.8 Å². The fourth-order valence-electron chi connectivity index (χ4n) is 1.59. The van der Waals surface area contributed by atoms with Gasteiger partial charge >= 0.3 is 0 Å². The SMILES string of the molecule is CN1C(=O)C2=C(NCCC2)C1=O. The minimum absolute atomic E-state index is 0.137. The van der Waals surface area contributed by atoms with Crippen molar-refractivity contribution in [2.24, 2.45) is 0 Å². The van der Waals surface area contributed by atoms with Gasteiger partial charge in [-0.15, -0.1) is 0 Å². The average Bonchev–Trinajstić information content (AvgIpc) is 2.33. The molecule has 1 N–H and O–H groups in total. The first-order valence-corrected chi connectivity index (χ1v) is 4.01. The van der Waals surface area contributed by atoms with E-state index in [-0.39, 0.29) is 11.8 Å². The molecule has 0 aromatic heterocycles. The Morgan fingerprint density at radius 3 is 2.75 bits per heavy atom. The number of likely N-dealkylation sites (N-methyl/N-ethyl adjacent to an activating group) is 1. The molecule has 12 heavy (non-hydrogen) atoms. The van der Waals surface area contributed by atoms with Gasteiger partial charge in [-0.1, -0.05) is 0 Å². The molecule has 2 amide bonds. The van der Waals surface area contributed by atoms with E-state index in [4.69, 9.17) is 0 Å². The van der Waals surface area contributed by atoms with Crippen LogP contribution < -0.4 is 5.32 Å². The summed E-state index contributed by atoms with van der Waals surface area (Å²) in [5.74, 6) is -0.322. The first kappa shape index (κ1) is 7.34. The van der Waals surface area contributed by atoms with Crippen molar-refractivity contribution < 1.29 is 9.59 Å². The van der Waals surface area contributed by atoms with Crippen LogP contribution in [0.5, 0.6) is 0 Å². The van der Waals surface area contributed by atoms with Crippen molar-refractivity contribution in [1.82, 2.24) is 10.2 Å². The molecule has 2 rings (SSSR count). The molecule has 0 unspecified atom stereocenters. The van der Waals surface area contributed by atoms with Crippen molar-refractivity contribution in [3.8, 4) is 0 Å². The molecule has 0 radical (unpaired) electrons. The van der Waals surface area contributed by atoms with Gasteiger partial charge in [-0.2, -0.15) is 0 Å². The third kappa shape index (κ3) is 0.776. The Labute approximate surface area is 70.2 Å². The normalized spacial score (nSPS) is 22.9. The average molecular weight is 166 g/mol. The predicted octanol–water partition coefficient (Wildman–Crippen LogP) is -0.378. The van der Waals surface area contributed by atoms with Crippen LogP contribution in [-0.2, 0) is 9.59 Å². The first-order chi connectivity index (χ1) is 5.72. The number of nitrogens with one attached hydrogen (secondary N) is 1. The van der Waals surface area contributed by atoms with E-state index in [1.165, 1.54) is 11.9 Å². The number of hydrogen-bond donors (Lipinski definition) is 1. The highest BCUT2D eigenvalue weighted by Crippen LogP contribution is 2.23. The van der Waals surface area contributed by atoms with E-state index < -0.39 is 0 Å². The smallest absolute Gasteiger partial charge is 0.277 e. The second kappa shape index (κ2) is 2.33. The zero-order chi connectivity index (χ0) is 8.72. The Balaban J connectivity index is 2.41. The Morgan fingerprint density at radius 1 is 1.33 bits per heavy atom. The van der Waals surface area contributed by atoms with Crippen LogP contribution in [-0.4, -0.2) is 30.3 Å². The van der Waals surface area contributed by atoms with Crippen LogP contribution in [0.15, 0.2) is 11.3 Å². The number of amides is 2. The molecule has 0 saturated carbocycles. The van der Waals surface area contributed by atoms with E-state index >= 15 is 0 Å². The van der Waals surface area contributed by atoms with E-state index in [1.807, 2.05) is 0 Å². The van der Waals surface area contributed by atoms with Gasteiger partial charge in [-0.05, 0) is 12.8 Å². The number of hydrogen-bond acceptors (Lipinski definition) is 3. The molecule has 2 heterocycles. The topological polar surface area (TPSA) is 49.4 Å². The molecule has 0 aromatic rings. The van der Waals surface area contributed by atoms with Crippen LogP contribution in [0.1, 0.15) is 12.8 Å². The van der Waals surface area contributed by atoms with Gasteiger partial charge in [0.1, 0.15) is 5.70 Å². The molecule has 4 nitrogen and oxygen atoms in total. The van der Waals surface area contributed by atoms with Gasteiger partial charge in [0.25, 0.3) is 11.8 Å². The minimum Gasteiger partial charge on any atom is -0.380 e. The summed E-state index contributed by atoms with van der Waals surface area (Å²) in [6.45, 7) is 0.797. The predicted molar refractivity (Wildman–Crippen MR) is 42.0 cm³/mol. The summed E-state index contributed by atoms with van der Waals surface area (Å²) < 4.78 is 0. The van der Waals surface area contributed by atoms with Crippen molar-refractivity contribution >= 4 is 11.8 Å². The van der Waals surface area contributed by atoms with Gasteiger partial charge in [0.15, 0.2) is 0 Å². The van der Waals surface area contributed by atoms with Crippen LogP contribution >= 0.6 is 0 Å². The van der Waals surface area contributed by atoms with Gasteiger partial charge < -0.3 is 5.32 Å². The molecule has 0 spiro atoms. The van der Waals surface area contributed by atoms with E-state index in [9.17, 15) is 9.59 Å². The minimum atomic E-state index is -0.185. The molecular weight excluding hydrogens is 156 g/mol. The van der Waals surface area contributed by atoms with Crippen LogP contribution in [0.4, 0.5) is 0 Å². The fraction of sp³-hybridized carbons (Fsp3) is 0.500. The molecule has 4 heteroatoms. The van der Waals surface area contributed by atoms with Gasteiger partial charge in [0.05, 0.1) is 0 Å². The molecule has 0 aliphatic carbocycles. The Hall–Kier alpha value is -1.32. The van der Waals surface area contributed by atoms with Crippen molar-refractivity contribution in [1.29, 1.82) is 0 Å². The largest absolute Gasteiger partial charge is 0.380 e. The third-order valence-corrected chi connectivity index (χ3v) is 2.29. The molecule has 0 aromatic carbocycles. The molecule has 64 valence electrons. The van der Waals surface area contributed by atoms with E-state index in [0.29, 0.717) is 11.3 Å². The number of nitrogens with zero attached hydrogens (tertiary/aromatic N) is 1. The second-order valence-corrected chi connectivity index (χ2v) is 3.05. The van der Waals surface area contributed by atoms with E-state index in [1.54, 1.807) is 0 Å². The Morgan fingerprint density at radius 2 is 2.08 bits per heavy atom. The molecular formula is C8H10N2O2. The molecule has 0 fully saturated rings. The number of rotatable bonds is 0. The highest BCUT2D eigenvalue weighted by molar-refractivity contribution is 6.18. The summed E-state index contributed by atoms with van der Waals surface area (Å²) in [5, 5.41) is 2.96. The Kier molecular flexibility index (Phi) is 1.43. The van der Waals surface area contributed by atoms with Crippen molar-refractivity contribution in [3.63, 3.8) is 0 Å². The second-order valence-electron chi connectivity index (χ2n) is 3.05. The molecule has 2 aliphatic rings. The number of carbonyl (C=O) groups excluding carboxylic acids is 2. The van der Waals surface area contributed by atoms with Crippen molar-refractivity contribution in [2.75, 3.05) is 13.6 Å². The molecule has 0 bridgehead atoms. The summed E-state index contributed by atoms with van der Waals surface area (Å²) in [5.41, 5.74) is 1.18. The van der Waals surface area contributed by atoms with Gasteiger partial charge in [-0.3, -0.25) is 14.5 Å². The van der Waals surface area contributed by atoms with Crippen molar-refractivity contribution in [3.05, 3.63) is 11.3 Å². The quantitative estimate of drug-likeness (QED) is 0.499. The lowest BCUT2D eigenvalue weighted by Crippen LogP contribution is -2.29. The maximum absolute atomic E-state index is 11.4. The summed E-state index contributed by atoms with van der Waals surface area (Å²) in [6.07, 6.45) is 1.67. The third-order valence-electron chi connectivity index (χ3n) is 2.29. The zero-order valence-corrected chi connectivity index (χ0v) is 6.89. The highest BCUT2D eigenvalue weighted by atomic mass is 16.2. The standard InChI is InChI=1S/C8H10N2O2/c1-10-7(11)5-3-2-4-9-6(5)8(10)12/h9H,2-4H2,1H3.